The zero-order valence-corrected chi connectivity index (χ0v) is 13.6. The molecular weight excluding hydrogens is 240 g/mol. The Hall–Kier alpha value is -0.413. The van der Waals surface area contributed by atoms with Crippen LogP contribution in [0.15, 0.2) is 12.2 Å². The van der Waals surface area contributed by atoms with E-state index in [1.807, 2.05) is 6.08 Å². The Labute approximate surface area is 114 Å². The fourth-order valence-corrected chi connectivity index (χ4v) is 5.12. The lowest BCUT2D eigenvalue weighted by atomic mass is 10.1. The van der Waals surface area contributed by atoms with E-state index in [2.05, 4.69) is 27.7 Å². The summed E-state index contributed by atoms with van der Waals surface area (Å²) in [4.78, 5) is 10.5. The molecule has 0 amide bonds. The third-order valence-electron chi connectivity index (χ3n) is 3.83. The SMILES string of the molecule is CCCCC[C@@H](/C=C/C=O)O[Si](CC)(CC)CC. The summed E-state index contributed by atoms with van der Waals surface area (Å²) in [7, 11) is -1.56. The minimum Gasteiger partial charge on any atom is -0.411 e. The fraction of sp³-hybridized carbons (Fsp3) is 0.800. The summed E-state index contributed by atoms with van der Waals surface area (Å²) < 4.78 is 6.43. The lowest BCUT2D eigenvalue weighted by Crippen LogP contribution is -2.39. The smallest absolute Gasteiger partial charge is 0.192 e. The Balaban J connectivity index is 4.53. The number of hydrogen-bond acceptors (Lipinski definition) is 2. The lowest BCUT2D eigenvalue weighted by Gasteiger charge is -2.32. The van der Waals surface area contributed by atoms with Crippen LogP contribution >= 0.6 is 0 Å². The molecule has 0 saturated heterocycles. The first-order valence-electron chi connectivity index (χ1n) is 7.47. The molecule has 0 N–H and O–H groups in total. The molecule has 3 heteroatoms. The van der Waals surface area contributed by atoms with E-state index in [0.717, 1.165) is 12.7 Å². The van der Waals surface area contributed by atoms with Crippen molar-refractivity contribution >= 4 is 14.6 Å². The molecule has 0 aliphatic rings. The Kier molecular flexibility index (Phi) is 10.3. The number of allylic oxidation sites excluding steroid dienone is 1. The molecule has 1 atom stereocenters. The van der Waals surface area contributed by atoms with Gasteiger partial charge in [0.2, 0.25) is 0 Å². The lowest BCUT2D eigenvalue weighted by molar-refractivity contribution is -0.104. The van der Waals surface area contributed by atoms with Crippen LogP contribution in [0, 0.1) is 0 Å². The minimum absolute atomic E-state index is 0.147. The van der Waals surface area contributed by atoms with Gasteiger partial charge in [-0.25, -0.2) is 0 Å². The summed E-state index contributed by atoms with van der Waals surface area (Å²) in [5, 5.41) is 0. The molecular formula is C15H30O2Si. The molecule has 0 aromatic rings. The van der Waals surface area contributed by atoms with Gasteiger partial charge in [0.05, 0.1) is 6.10 Å². The maximum atomic E-state index is 10.5. The van der Waals surface area contributed by atoms with E-state index >= 15 is 0 Å². The summed E-state index contributed by atoms with van der Waals surface area (Å²) in [6.45, 7) is 8.93. The monoisotopic (exact) mass is 270 g/mol. The maximum absolute atomic E-state index is 10.5. The van der Waals surface area contributed by atoms with E-state index in [0.29, 0.717) is 0 Å². The van der Waals surface area contributed by atoms with E-state index in [4.69, 9.17) is 4.43 Å². The zero-order chi connectivity index (χ0) is 13.9. The summed E-state index contributed by atoms with van der Waals surface area (Å²) in [6, 6.07) is 3.50. The Morgan fingerprint density at radius 2 is 1.67 bits per heavy atom. The van der Waals surface area contributed by atoms with Gasteiger partial charge >= 0.3 is 0 Å². The number of aldehydes is 1. The van der Waals surface area contributed by atoms with Crippen LogP contribution < -0.4 is 0 Å². The standard InChI is InChI=1S/C15H30O2Si/c1-5-9-10-12-15(13-11-14-16)17-18(6-2,7-3)8-4/h11,13-15H,5-10,12H2,1-4H3/b13-11+/t15-/m0/s1. The van der Waals surface area contributed by atoms with Crippen molar-refractivity contribution in [1.82, 2.24) is 0 Å². The van der Waals surface area contributed by atoms with Gasteiger partial charge in [0.15, 0.2) is 8.32 Å². The minimum atomic E-state index is -1.56. The van der Waals surface area contributed by atoms with Gasteiger partial charge in [0.1, 0.15) is 6.29 Å². The van der Waals surface area contributed by atoms with Gasteiger partial charge in [0, 0.05) is 0 Å². The fourth-order valence-electron chi connectivity index (χ4n) is 2.28. The molecule has 18 heavy (non-hydrogen) atoms. The molecule has 0 spiro atoms. The van der Waals surface area contributed by atoms with Crippen molar-refractivity contribution in [2.45, 2.75) is 77.6 Å². The number of rotatable bonds is 11. The first-order chi connectivity index (χ1) is 8.67. The molecule has 0 unspecified atom stereocenters. The van der Waals surface area contributed by atoms with Gasteiger partial charge in [-0.05, 0) is 30.6 Å². The number of hydrogen-bond donors (Lipinski definition) is 0. The molecule has 0 rings (SSSR count). The average Bonchev–Trinajstić information content (AvgIpc) is 2.42. The third kappa shape index (κ3) is 6.50. The van der Waals surface area contributed by atoms with E-state index in [9.17, 15) is 4.79 Å². The zero-order valence-electron chi connectivity index (χ0n) is 12.6. The summed E-state index contributed by atoms with van der Waals surface area (Å²) in [5.74, 6) is 0. The Morgan fingerprint density at radius 3 is 2.11 bits per heavy atom. The molecule has 0 radical (unpaired) electrons. The second kappa shape index (κ2) is 10.5. The molecule has 0 aliphatic heterocycles. The van der Waals surface area contributed by atoms with E-state index in [1.54, 1.807) is 6.08 Å². The van der Waals surface area contributed by atoms with Gasteiger partial charge in [-0.3, -0.25) is 4.79 Å². The number of unbranched alkanes of at least 4 members (excludes halogenated alkanes) is 2. The van der Waals surface area contributed by atoms with Crippen molar-refractivity contribution in [2.75, 3.05) is 0 Å². The molecule has 2 nitrogen and oxygen atoms in total. The van der Waals surface area contributed by atoms with Crippen molar-refractivity contribution in [3.05, 3.63) is 12.2 Å². The number of carbonyl (C=O) groups excluding carboxylic acids is 1. The van der Waals surface area contributed by atoms with E-state index in [1.165, 1.54) is 37.4 Å². The molecule has 0 bridgehead atoms. The largest absolute Gasteiger partial charge is 0.411 e. The van der Waals surface area contributed by atoms with Crippen LogP contribution in [-0.2, 0) is 9.22 Å². The van der Waals surface area contributed by atoms with Gasteiger partial charge in [0.25, 0.3) is 0 Å². The van der Waals surface area contributed by atoms with Crippen LogP contribution in [0.4, 0.5) is 0 Å². The van der Waals surface area contributed by atoms with Gasteiger partial charge < -0.3 is 4.43 Å². The summed E-state index contributed by atoms with van der Waals surface area (Å²) in [6.07, 6.45) is 9.24. The van der Waals surface area contributed by atoms with Crippen LogP contribution in [-0.4, -0.2) is 20.7 Å². The Morgan fingerprint density at radius 1 is 1.06 bits per heavy atom. The van der Waals surface area contributed by atoms with Gasteiger partial charge in [-0.2, -0.15) is 0 Å². The first-order valence-corrected chi connectivity index (χ1v) is 10.0. The summed E-state index contributed by atoms with van der Waals surface area (Å²) >= 11 is 0. The van der Waals surface area contributed by atoms with E-state index in [-0.39, 0.29) is 6.10 Å². The quantitative estimate of drug-likeness (QED) is 0.235. The predicted octanol–water partition coefficient (Wildman–Crippen LogP) is 4.71. The van der Waals surface area contributed by atoms with Crippen LogP contribution in [0.1, 0.15) is 53.4 Å². The van der Waals surface area contributed by atoms with Crippen LogP contribution in [0.25, 0.3) is 0 Å². The maximum Gasteiger partial charge on any atom is 0.192 e. The number of carbonyl (C=O) groups is 1. The molecule has 0 aliphatic carbocycles. The highest BCUT2D eigenvalue weighted by atomic mass is 28.4. The molecule has 0 heterocycles. The summed E-state index contributed by atoms with van der Waals surface area (Å²) in [5.41, 5.74) is 0. The normalized spacial score (nSPS) is 14.0. The van der Waals surface area contributed by atoms with Crippen molar-refractivity contribution in [3.8, 4) is 0 Å². The highest BCUT2D eigenvalue weighted by Crippen LogP contribution is 2.25. The molecule has 0 aromatic heterocycles. The predicted molar refractivity (Wildman–Crippen MR) is 81.4 cm³/mol. The first kappa shape index (κ1) is 17.6. The second-order valence-corrected chi connectivity index (χ2v) is 9.64. The van der Waals surface area contributed by atoms with Crippen LogP contribution in [0.2, 0.25) is 18.1 Å². The molecule has 106 valence electrons. The van der Waals surface area contributed by atoms with Crippen LogP contribution in [0.5, 0.6) is 0 Å². The molecule has 0 saturated carbocycles. The highest BCUT2D eigenvalue weighted by Gasteiger charge is 2.30. The van der Waals surface area contributed by atoms with Gasteiger partial charge in [-0.1, -0.05) is 53.0 Å². The van der Waals surface area contributed by atoms with Crippen molar-refractivity contribution in [1.29, 1.82) is 0 Å². The second-order valence-electron chi connectivity index (χ2n) is 4.92. The van der Waals surface area contributed by atoms with Crippen LogP contribution in [0.3, 0.4) is 0 Å². The van der Waals surface area contributed by atoms with Crippen molar-refractivity contribution in [3.63, 3.8) is 0 Å². The molecule has 0 fully saturated rings. The van der Waals surface area contributed by atoms with E-state index < -0.39 is 8.32 Å². The Bertz CT molecular complexity index is 226. The van der Waals surface area contributed by atoms with Crippen molar-refractivity contribution < 1.29 is 9.22 Å². The van der Waals surface area contributed by atoms with Crippen molar-refractivity contribution in [2.24, 2.45) is 0 Å². The third-order valence-corrected chi connectivity index (χ3v) is 8.50. The topological polar surface area (TPSA) is 26.3 Å². The molecule has 0 aromatic carbocycles. The van der Waals surface area contributed by atoms with Gasteiger partial charge in [-0.15, -0.1) is 0 Å². The highest BCUT2D eigenvalue weighted by molar-refractivity contribution is 6.73. The average molecular weight is 270 g/mol.